The second-order valence-corrected chi connectivity index (χ2v) is 8.87. The van der Waals surface area contributed by atoms with E-state index in [1.165, 1.54) is 0 Å². The second-order valence-electron chi connectivity index (χ2n) is 8.87. The van der Waals surface area contributed by atoms with E-state index in [0.717, 1.165) is 22.3 Å². The highest BCUT2D eigenvalue weighted by molar-refractivity contribution is 6.05. The van der Waals surface area contributed by atoms with Crippen LogP contribution < -0.4 is 16.4 Å². The number of amides is 3. The summed E-state index contributed by atoms with van der Waals surface area (Å²) < 4.78 is 0. The maximum atomic E-state index is 12.9. The van der Waals surface area contributed by atoms with E-state index in [9.17, 15) is 14.4 Å². The van der Waals surface area contributed by atoms with Crippen LogP contribution in [0.15, 0.2) is 42.5 Å². The lowest BCUT2D eigenvalue weighted by atomic mass is 9.95. The van der Waals surface area contributed by atoms with Crippen LogP contribution in [0.1, 0.15) is 59.3 Å². The Hall–Kier alpha value is -3.03. The quantitative estimate of drug-likeness (QED) is 0.620. The number of nitrogens with one attached hydrogen (secondary N) is 2. The Labute approximate surface area is 182 Å². The van der Waals surface area contributed by atoms with E-state index >= 15 is 0 Å². The molecule has 1 fully saturated rings. The van der Waals surface area contributed by atoms with E-state index in [-0.39, 0.29) is 29.7 Å². The summed E-state index contributed by atoms with van der Waals surface area (Å²) in [6, 6.07) is 13.3. The zero-order valence-electron chi connectivity index (χ0n) is 17.9. The molecule has 1 unspecified atom stereocenters. The molecular formula is C24H28N4O3. The Morgan fingerprint density at radius 1 is 1.10 bits per heavy atom. The molecule has 2 heterocycles. The number of fused-ring (bicyclic) bond motifs is 1. The molecule has 31 heavy (non-hydrogen) atoms. The van der Waals surface area contributed by atoms with Crippen LogP contribution in [0.5, 0.6) is 0 Å². The van der Waals surface area contributed by atoms with Gasteiger partial charge in [-0.1, -0.05) is 36.4 Å². The molecule has 0 spiro atoms. The first kappa shape index (κ1) is 21.2. The van der Waals surface area contributed by atoms with Gasteiger partial charge >= 0.3 is 0 Å². The van der Waals surface area contributed by atoms with Crippen molar-refractivity contribution in [3.8, 4) is 0 Å². The summed E-state index contributed by atoms with van der Waals surface area (Å²) in [6.45, 7) is 5.66. The van der Waals surface area contributed by atoms with Crippen LogP contribution >= 0.6 is 0 Å². The van der Waals surface area contributed by atoms with Crippen molar-refractivity contribution < 1.29 is 14.4 Å². The van der Waals surface area contributed by atoms with Crippen molar-refractivity contribution in [1.29, 1.82) is 0 Å². The lowest BCUT2D eigenvalue weighted by molar-refractivity contribution is -0.136. The van der Waals surface area contributed by atoms with Gasteiger partial charge in [0.2, 0.25) is 11.8 Å². The van der Waals surface area contributed by atoms with Crippen molar-refractivity contribution in [2.24, 2.45) is 5.73 Å². The largest absolute Gasteiger partial charge is 0.322 e. The third-order valence-electron chi connectivity index (χ3n) is 6.02. The lowest BCUT2D eigenvalue weighted by Gasteiger charge is -2.29. The smallest absolute Gasteiger partial charge is 0.255 e. The van der Waals surface area contributed by atoms with Crippen molar-refractivity contribution in [1.82, 2.24) is 15.5 Å². The van der Waals surface area contributed by atoms with Crippen molar-refractivity contribution in [3.05, 3.63) is 70.3 Å². The number of hydrogen-bond acceptors (Lipinski definition) is 5. The summed E-state index contributed by atoms with van der Waals surface area (Å²) in [5.41, 5.74) is 10.6. The van der Waals surface area contributed by atoms with E-state index in [1.54, 1.807) is 11.0 Å². The molecule has 0 radical (unpaired) electrons. The monoisotopic (exact) mass is 420 g/mol. The highest BCUT2D eigenvalue weighted by atomic mass is 16.2. The van der Waals surface area contributed by atoms with Crippen LogP contribution in [0.4, 0.5) is 0 Å². The molecule has 4 rings (SSSR count). The van der Waals surface area contributed by atoms with Gasteiger partial charge in [-0.15, -0.1) is 0 Å². The van der Waals surface area contributed by atoms with E-state index in [1.807, 2.05) is 38.1 Å². The summed E-state index contributed by atoms with van der Waals surface area (Å²) in [5.74, 6) is -0.814. The van der Waals surface area contributed by atoms with Crippen molar-refractivity contribution in [2.75, 3.05) is 0 Å². The summed E-state index contributed by atoms with van der Waals surface area (Å²) in [5, 5.41) is 5.79. The minimum absolute atomic E-state index is 0.147. The molecular weight excluding hydrogens is 392 g/mol. The molecule has 0 bridgehead atoms. The zero-order valence-corrected chi connectivity index (χ0v) is 17.9. The number of nitrogens with zero attached hydrogens (tertiary/aromatic N) is 1. The number of benzene rings is 2. The predicted octanol–water partition coefficient (Wildman–Crippen LogP) is 1.93. The number of carbonyl (C=O) groups excluding carboxylic acids is 3. The summed E-state index contributed by atoms with van der Waals surface area (Å²) in [7, 11) is 0. The van der Waals surface area contributed by atoms with Crippen molar-refractivity contribution >= 4 is 17.7 Å². The fourth-order valence-corrected chi connectivity index (χ4v) is 4.21. The van der Waals surface area contributed by atoms with Crippen LogP contribution in [0.2, 0.25) is 0 Å². The van der Waals surface area contributed by atoms with Gasteiger partial charge < -0.3 is 16.0 Å². The van der Waals surface area contributed by atoms with Gasteiger partial charge in [0.25, 0.3) is 5.91 Å². The molecule has 2 aliphatic heterocycles. The van der Waals surface area contributed by atoms with Crippen molar-refractivity contribution in [3.63, 3.8) is 0 Å². The maximum absolute atomic E-state index is 12.9. The lowest BCUT2D eigenvalue weighted by Crippen LogP contribution is -2.52. The van der Waals surface area contributed by atoms with Gasteiger partial charge in [0.15, 0.2) is 0 Å². The molecule has 1 saturated heterocycles. The first-order valence-electron chi connectivity index (χ1n) is 10.6. The SMILES string of the molecule is CC(C)(N)c1ccc(CNCc2cccc3c2CN(C2CCC(=O)NC2=O)C3=O)cc1. The normalized spacial score (nSPS) is 18.9. The van der Waals surface area contributed by atoms with Crippen LogP contribution in [-0.2, 0) is 34.8 Å². The zero-order chi connectivity index (χ0) is 22.2. The Kier molecular flexibility index (Phi) is 5.64. The average molecular weight is 421 g/mol. The van der Waals surface area contributed by atoms with Gasteiger partial charge in [0.1, 0.15) is 6.04 Å². The van der Waals surface area contributed by atoms with Crippen LogP contribution in [0.3, 0.4) is 0 Å². The molecule has 0 aromatic heterocycles. The fraction of sp³-hybridized carbons (Fsp3) is 0.375. The molecule has 2 aromatic rings. The second kappa shape index (κ2) is 8.24. The van der Waals surface area contributed by atoms with E-state index in [2.05, 4.69) is 22.8 Å². The van der Waals surface area contributed by atoms with Crippen LogP contribution in [0, 0.1) is 0 Å². The van der Waals surface area contributed by atoms with Crippen LogP contribution in [0.25, 0.3) is 0 Å². The average Bonchev–Trinajstić information content (AvgIpc) is 3.05. The molecule has 162 valence electrons. The predicted molar refractivity (Wildman–Crippen MR) is 117 cm³/mol. The number of hydrogen-bond donors (Lipinski definition) is 3. The Morgan fingerprint density at radius 3 is 2.52 bits per heavy atom. The van der Waals surface area contributed by atoms with Gasteiger partial charge in [0.05, 0.1) is 0 Å². The van der Waals surface area contributed by atoms with E-state index < -0.39 is 6.04 Å². The van der Waals surface area contributed by atoms with Gasteiger partial charge in [-0.25, -0.2) is 0 Å². The highest BCUT2D eigenvalue weighted by Gasteiger charge is 2.39. The Bertz CT molecular complexity index is 1020. The number of piperidine rings is 1. The minimum Gasteiger partial charge on any atom is -0.322 e. The summed E-state index contributed by atoms with van der Waals surface area (Å²) >= 11 is 0. The standard InChI is InChI=1S/C24H28N4O3/c1-24(2,25)17-8-6-15(7-9-17)12-26-13-16-4-3-5-18-19(16)14-28(23(18)31)20-10-11-21(29)27-22(20)30/h3-9,20,26H,10-14,25H2,1-2H3,(H,27,29,30). The first-order chi connectivity index (χ1) is 14.7. The Balaban J connectivity index is 1.42. The van der Waals surface area contributed by atoms with Gasteiger partial charge in [-0.05, 0) is 48.6 Å². The molecule has 7 nitrogen and oxygen atoms in total. The molecule has 4 N–H and O–H groups in total. The first-order valence-corrected chi connectivity index (χ1v) is 10.6. The summed E-state index contributed by atoms with van der Waals surface area (Å²) in [4.78, 5) is 38.2. The third kappa shape index (κ3) is 4.38. The number of rotatable bonds is 6. The van der Waals surface area contributed by atoms with E-state index in [0.29, 0.717) is 31.6 Å². The number of nitrogens with two attached hydrogens (primary N) is 1. The fourth-order valence-electron chi connectivity index (χ4n) is 4.21. The highest BCUT2D eigenvalue weighted by Crippen LogP contribution is 2.29. The van der Waals surface area contributed by atoms with E-state index in [4.69, 9.17) is 5.73 Å². The Morgan fingerprint density at radius 2 is 1.84 bits per heavy atom. The van der Waals surface area contributed by atoms with Gasteiger partial charge in [-0.3, -0.25) is 19.7 Å². The molecule has 2 aromatic carbocycles. The number of imide groups is 1. The van der Waals surface area contributed by atoms with Gasteiger partial charge in [0, 0.05) is 37.2 Å². The molecule has 1 atom stereocenters. The molecule has 3 amide bonds. The maximum Gasteiger partial charge on any atom is 0.255 e. The third-order valence-corrected chi connectivity index (χ3v) is 6.02. The van der Waals surface area contributed by atoms with Crippen LogP contribution in [-0.4, -0.2) is 28.7 Å². The van der Waals surface area contributed by atoms with Gasteiger partial charge in [-0.2, -0.15) is 0 Å². The molecule has 0 saturated carbocycles. The molecule has 0 aliphatic carbocycles. The molecule has 2 aliphatic rings. The van der Waals surface area contributed by atoms with Crippen molar-refractivity contribution in [2.45, 2.75) is 57.9 Å². The minimum atomic E-state index is -0.594. The number of carbonyl (C=O) groups is 3. The molecule has 7 heteroatoms. The topological polar surface area (TPSA) is 105 Å². The summed E-state index contributed by atoms with van der Waals surface area (Å²) in [6.07, 6.45) is 0.624.